The topological polar surface area (TPSA) is 65.1 Å². The molecule has 206 valence electrons. The van der Waals surface area contributed by atoms with Crippen LogP contribution >= 0.6 is 15.9 Å². The van der Waals surface area contributed by atoms with Crippen molar-refractivity contribution in [2.75, 3.05) is 26.9 Å². The van der Waals surface area contributed by atoms with Crippen molar-refractivity contribution < 1.29 is 28.2 Å². The molecule has 1 heterocycles. The first kappa shape index (κ1) is 27.6. The third-order valence-electron chi connectivity index (χ3n) is 7.60. The lowest BCUT2D eigenvalue weighted by molar-refractivity contribution is -0.117. The second kappa shape index (κ2) is 12.0. The third kappa shape index (κ3) is 5.41. The number of carbonyl (C=O) groups excluding carboxylic acids is 2. The van der Waals surface area contributed by atoms with Crippen molar-refractivity contribution in [1.82, 2.24) is 4.90 Å². The SMILES string of the molecule is CCOc1cc(C2C3=C(CCCC3=O)N(CCOC)C3=C2C(=O)CCC3)cc(Br)c1OCc1ccccc1F. The van der Waals surface area contributed by atoms with Crippen molar-refractivity contribution >= 4 is 27.5 Å². The summed E-state index contributed by atoms with van der Waals surface area (Å²) < 4.78 is 32.3. The summed E-state index contributed by atoms with van der Waals surface area (Å²) >= 11 is 3.65. The zero-order chi connectivity index (χ0) is 27.5. The number of methoxy groups -OCH3 is 1. The number of Topliss-reactive ketones (excluding diaryl/α,β-unsaturated/α-hetero) is 2. The minimum absolute atomic E-state index is 0.0319. The van der Waals surface area contributed by atoms with Gasteiger partial charge in [0.15, 0.2) is 23.1 Å². The molecule has 2 aromatic carbocycles. The molecule has 0 N–H and O–H groups in total. The molecule has 0 saturated carbocycles. The van der Waals surface area contributed by atoms with Crippen LogP contribution in [0, 0.1) is 5.82 Å². The fourth-order valence-corrected chi connectivity index (χ4v) is 6.50. The Kier molecular flexibility index (Phi) is 8.52. The van der Waals surface area contributed by atoms with Gasteiger partial charge in [0.2, 0.25) is 0 Å². The maximum Gasteiger partial charge on any atom is 0.175 e. The van der Waals surface area contributed by atoms with Gasteiger partial charge in [-0.15, -0.1) is 0 Å². The monoisotopic (exact) mass is 597 g/mol. The van der Waals surface area contributed by atoms with Gasteiger partial charge >= 0.3 is 0 Å². The molecule has 0 unspecified atom stereocenters. The lowest BCUT2D eigenvalue weighted by atomic mass is 9.71. The van der Waals surface area contributed by atoms with Crippen LogP contribution in [0.2, 0.25) is 0 Å². The van der Waals surface area contributed by atoms with Crippen LogP contribution in [-0.2, 0) is 20.9 Å². The van der Waals surface area contributed by atoms with E-state index in [1.807, 2.05) is 19.1 Å². The number of ketones is 2. The number of nitrogens with zero attached hydrogens (tertiary/aromatic N) is 1. The summed E-state index contributed by atoms with van der Waals surface area (Å²) in [7, 11) is 1.66. The van der Waals surface area contributed by atoms with Crippen LogP contribution in [0.4, 0.5) is 4.39 Å². The molecule has 0 bridgehead atoms. The van der Waals surface area contributed by atoms with Crippen molar-refractivity contribution in [1.29, 1.82) is 0 Å². The van der Waals surface area contributed by atoms with Crippen LogP contribution in [-0.4, -0.2) is 43.3 Å². The summed E-state index contributed by atoms with van der Waals surface area (Å²) in [5.41, 5.74) is 4.68. The van der Waals surface area contributed by atoms with E-state index in [1.165, 1.54) is 6.07 Å². The van der Waals surface area contributed by atoms with E-state index in [4.69, 9.17) is 14.2 Å². The minimum atomic E-state index is -0.467. The molecule has 0 radical (unpaired) electrons. The maximum atomic E-state index is 14.2. The van der Waals surface area contributed by atoms with Crippen molar-refractivity contribution in [3.05, 3.63) is 80.4 Å². The highest BCUT2D eigenvalue weighted by atomic mass is 79.9. The van der Waals surface area contributed by atoms with E-state index < -0.39 is 5.92 Å². The predicted octanol–water partition coefficient (Wildman–Crippen LogP) is 6.63. The molecule has 0 fully saturated rings. The number of ether oxygens (including phenoxy) is 3. The normalized spacial score (nSPS) is 17.9. The van der Waals surface area contributed by atoms with Gasteiger partial charge in [0, 0.05) is 60.5 Å². The molecule has 0 saturated heterocycles. The summed E-state index contributed by atoms with van der Waals surface area (Å²) in [6.07, 6.45) is 4.09. The first-order valence-corrected chi connectivity index (χ1v) is 14.3. The second-order valence-corrected chi connectivity index (χ2v) is 10.8. The fourth-order valence-electron chi connectivity index (χ4n) is 5.93. The molecule has 39 heavy (non-hydrogen) atoms. The maximum absolute atomic E-state index is 14.2. The first-order chi connectivity index (χ1) is 18.9. The minimum Gasteiger partial charge on any atom is -0.490 e. The van der Waals surface area contributed by atoms with Crippen LogP contribution in [0.15, 0.2) is 63.4 Å². The lowest BCUT2D eigenvalue weighted by Gasteiger charge is -2.44. The van der Waals surface area contributed by atoms with Crippen molar-refractivity contribution in [3.8, 4) is 11.5 Å². The van der Waals surface area contributed by atoms with Crippen LogP contribution in [0.5, 0.6) is 11.5 Å². The van der Waals surface area contributed by atoms with Gasteiger partial charge in [-0.1, -0.05) is 18.2 Å². The fraction of sp³-hybridized carbons (Fsp3) is 0.419. The van der Waals surface area contributed by atoms with E-state index in [1.54, 1.807) is 25.3 Å². The zero-order valence-corrected chi connectivity index (χ0v) is 23.9. The van der Waals surface area contributed by atoms with Crippen LogP contribution < -0.4 is 9.47 Å². The molecule has 0 spiro atoms. The highest BCUT2D eigenvalue weighted by Crippen LogP contribution is 2.51. The molecule has 3 aliphatic rings. The first-order valence-electron chi connectivity index (χ1n) is 13.6. The molecule has 0 amide bonds. The summed E-state index contributed by atoms with van der Waals surface area (Å²) in [4.78, 5) is 29.2. The zero-order valence-electron chi connectivity index (χ0n) is 22.4. The molecule has 0 aromatic heterocycles. The second-order valence-electron chi connectivity index (χ2n) is 9.99. The van der Waals surface area contributed by atoms with Crippen molar-refractivity contribution in [3.63, 3.8) is 0 Å². The van der Waals surface area contributed by atoms with E-state index in [9.17, 15) is 14.0 Å². The van der Waals surface area contributed by atoms with Gasteiger partial charge in [-0.3, -0.25) is 9.59 Å². The van der Waals surface area contributed by atoms with Gasteiger partial charge in [-0.25, -0.2) is 4.39 Å². The quantitative estimate of drug-likeness (QED) is 0.323. The Morgan fingerprint density at radius 2 is 1.64 bits per heavy atom. The largest absolute Gasteiger partial charge is 0.490 e. The molecule has 2 aliphatic carbocycles. The van der Waals surface area contributed by atoms with Gasteiger partial charge < -0.3 is 19.1 Å². The molecule has 0 atom stereocenters. The standard InChI is InChI=1S/C31H33BrFNO5/c1-3-38-27-17-20(16-21(32)31(27)39-18-19-8-4-5-9-22(19)33)28-29-23(10-6-12-25(29)35)34(14-15-37-2)24-11-7-13-26(36)30(24)28/h4-5,8-9,16-17,28H,3,6-7,10-15,18H2,1-2H3. The van der Waals surface area contributed by atoms with Crippen molar-refractivity contribution in [2.45, 2.75) is 58.0 Å². The highest BCUT2D eigenvalue weighted by molar-refractivity contribution is 9.10. The summed E-state index contributed by atoms with van der Waals surface area (Å²) in [5.74, 6) is 0.301. The number of carbonyl (C=O) groups is 2. The van der Waals surface area contributed by atoms with E-state index in [0.717, 1.165) is 42.6 Å². The van der Waals surface area contributed by atoms with E-state index in [2.05, 4.69) is 20.8 Å². The van der Waals surface area contributed by atoms with Gasteiger partial charge in [-0.05, 0) is 72.3 Å². The molecule has 6 nitrogen and oxygen atoms in total. The number of hydrogen-bond donors (Lipinski definition) is 0. The van der Waals surface area contributed by atoms with E-state index in [0.29, 0.717) is 65.3 Å². The average Bonchev–Trinajstić information content (AvgIpc) is 2.92. The summed E-state index contributed by atoms with van der Waals surface area (Å²) in [6, 6.07) is 10.3. The summed E-state index contributed by atoms with van der Waals surface area (Å²) in [5, 5.41) is 0. The molecule has 2 aromatic rings. The molecule has 8 heteroatoms. The molecular formula is C31H33BrFNO5. The van der Waals surface area contributed by atoms with Gasteiger partial charge in [-0.2, -0.15) is 0 Å². The number of benzene rings is 2. The number of hydrogen-bond acceptors (Lipinski definition) is 6. The molecule has 5 rings (SSSR count). The summed E-state index contributed by atoms with van der Waals surface area (Å²) in [6.45, 7) is 3.42. The Labute approximate surface area is 236 Å². The number of rotatable bonds is 9. The Morgan fingerprint density at radius 1 is 0.974 bits per heavy atom. The smallest absolute Gasteiger partial charge is 0.175 e. The Hall–Kier alpha value is -2.97. The Balaban J connectivity index is 1.61. The molecular weight excluding hydrogens is 565 g/mol. The number of allylic oxidation sites excluding steroid dienone is 4. The van der Waals surface area contributed by atoms with Crippen LogP contribution in [0.1, 0.15) is 62.5 Å². The van der Waals surface area contributed by atoms with Crippen LogP contribution in [0.3, 0.4) is 0 Å². The number of halogens is 2. The Bertz CT molecular complexity index is 1310. The average molecular weight is 599 g/mol. The predicted molar refractivity (Wildman–Crippen MR) is 149 cm³/mol. The van der Waals surface area contributed by atoms with Crippen molar-refractivity contribution in [2.24, 2.45) is 0 Å². The van der Waals surface area contributed by atoms with Gasteiger partial charge in [0.1, 0.15) is 12.4 Å². The Morgan fingerprint density at radius 3 is 2.26 bits per heavy atom. The highest BCUT2D eigenvalue weighted by Gasteiger charge is 2.43. The van der Waals surface area contributed by atoms with E-state index in [-0.39, 0.29) is 24.0 Å². The lowest BCUT2D eigenvalue weighted by Crippen LogP contribution is -2.40. The molecule has 1 aliphatic heterocycles. The van der Waals surface area contributed by atoms with Gasteiger partial charge in [0.25, 0.3) is 0 Å². The van der Waals surface area contributed by atoms with Gasteiger partial charge in [0.05, 0.1) is 17.7 Å². The third-order valence-corrected chi connectivity index (χ3v) is 8.19. The van der Waals surface area contributed by atoms with E-state index >= 15 is 0 Å². The van der Waals surface area contributed by atoms with Crippen LogP contribution in [0.25, 0.3) is 0 Å².